The van der Waals surface area contributed by atoms with Gasteiger partial charge in [-0.05, 0) is 19.9 Å². The summed E-state index contributed by atoms with van der Waals surface area (Å²) in [6.45, 7) is 4.76. The van der Waals surface area contributed by atoms with Crippen LogP contribution in [-0.2, 0) is 0 Å². The molecule has 7 heteroatoms. The number of nitrogens with one attached hydrogen (secondary N) is 1. The first-order valence-electron chi connectivity index (χ1n) is 7.46. The summed E-state index contributed by atoms with van der Waals surface area (Å²) in [5, 5.41) is 12.2. The van der Waals surface area contributed by atoms with E-state index in [1.807, 2.05) is 13.0 Å². The standard InChI is InChI=1S/C15H20N6O/c1-11-18-13(12-2-5-21(10-12)6-7-22)8-14(19-11)20-15-9-16-3-4-17-15/h3-4,8-9,12,22H,2,5-7,10H2,1H3,(H,17,18,19,20)/t12-/m0/s1. The van der Waals surface area contributed by atoms with Crippen molar-refractivity contribution in [1.82, 2.24) is 24.8 Å². The third kappa shape index (κ3) is 3.55. The minimum absolute atomic E-state index is 0.203. The molecule has 2 N–H and O–H groups in total. The van der Waals surface area contributed by atoms with Crippen molar-refractivity contribution in [3.63, 3.8) is 0 Å². The van der Waals surface area contributed by atoms with Crippen molar-refractivity contribution in [1.29, 1.82) is 0 Å². The van der Waals surface area contributed by atoms with Gasteiger partial charge in [0.15, 0.2) is 0 Å². The first-order valence-corrected chi connectivity index (χ1v) is 7.46. The molecule has 0 spiro atoms. The molecule has 116 valence electrons. The zero-order chi connectivity index (χ0) is 15.4. The highest BCUT2D eigenvalue weighted by Gasteiger charge is 2.25. The van der Waals surface area contributed by atoms with Crippen molar-refractivity contribution in [3.8, 4) is 0 Å². The molecule has 0 unspecified atom stereocenters. The summed E-state index contributed by atoms with van der Waals surface area (Å²) in [6.07, 6.45) is 5.99. The van der Waals surface area contributed by atoms with Crippen LogP contribution in [0.4, 0.5) is 11.6 Å². The number of hydrogen-bond acceptors (Lipinski definition) is 7. The van der Waals surface area contributed by atoms with Gasteiger partial charge in [-0.2, -0.15) is 0 Å². The molecule has 22 heavy (non-hydrogen) atoms. The Morgan fingerprint density at radius 3 is 3.00 bits per heavy atom. The maximum absolute atomic E-state index is 9.05. The molecule has 7 nitrogen and oxygen atoms in total. The molecular formula is C15H20N6O. The second-order valence-corrected chi connectivity index (χ2v) is 5.45. The van der Waals surface area contributed by atoms with Crippen molar-refractivity contribution in [2.24, 2.45) is 0 Å². The lowest BCUT2D eigenvalue weighted by Gasteiger charge is -2.15. The van der Waals surface area contributed by atoms with Gasteiger partial charge >= 0.3 is 0 Å². The van der Waals surface area contributed by atoms with Gasteiger partial charge in [-0.25, -0.2) is 15.0 Å². The van der Waals surface area contributed by atoms with Gasteiger partial charge in [0.1, 0.15) is 17.5 Å². The van der Waals surface area contributed by atoms with Crippen LogP contribution in [0.3, 0.4) is 0 Å². The predicted molar refractivity (Wildman–Crippen MR) is 83.0 cm³/mol. The van der Waals surface area contributed by atoms with Crippen LogP contribution in [0.2, 0.25) is 0 Å². The number of nitrogens with zero attached hydrogens (tertiary/aromatic N) is 5. The minimum Gasteiger partial charge on any atom is -0.395 e. The fourth-order valence-corrected chi connectivity index (χ4v) is 2.78. The van der Waals surface area contributed by atoms with E-state index in [9.17, 15) is 0 Å². The largest absolute Gasteiger partial charge is 0.395 e. The number of likely N-dealkylation sites (tertiary alicyclic amines) is 1. The summed E-state index contributed by atoms with van der Waals surface area (Å²) in [5.74, 6) is 2.53. The average Bonchev–Trinajstić information content (AvgIpc) is 2.97. The highest BCUT2D eigenvalue weighted by atomic mass is 16.3. The number of aryl methyl sites for hydroxylation is 1. The molecule has 0 aromatic carbocycles. The zero-order valence-corrected chi connectivity index (χ0v) is 12.6. The Hall–Kier alpha value is -2.12. The van der Waals surface area contributed by atoms with Crippen LogP contribution >= 0.6 is 0 Å². The van der Waals surface area contributed by atoms with Gasteiger partial charge in [0.05, 0.1) is 18.5 Å². The molecule has 2 aromatic rings. The van der Waals surface area contributed by atoms with Crippen molar-refractivity contribution >= 4 is 11.6 Å². The lowest BCUT2D eigenvalue weighted by molar-refractivity contribution is 0.220. The van der Waals surface area contributed by atoms with Crippen LogP contribution in [0, 0.1) is 6.92 Å². The molecule has 2 aromatic heterocycles. The highest BCUT2D eigenvalue weighted by molar-refractivity contribution is 5.50. The third-order valence-corrected chi connectivity index (χ3v) is 3.78. The van der Waals surface area contributed by atoms with Crippen molar-refractivity contribution in [3.05, 3.63) is 36.2 Å². The smallest absolute Gasteiger partial charge is 0.150 e. The number of β-amino-alcohol motifs (C(OH)–C–C–N with tert-alkyl or cyclic N) is 1. The van der Waals surface area contributed by atoms with Gasteiger partial charge < -0.3 is 15.3 Å². The predicted octanol–water partition coefficient (Wildman–Crippen LogP) is 1.10. The van der Waals surface area contributed by atoms with Crippen LogP contribution in [0.5, 0.6) is 0 Å². The van der Waals surface area contributed by atoms with Crippen LogP contribution in [0.1, 0.15) is 23.9 Å². The number of rotatable bonds is 5. The Morgan fingerprint density at radius 2 is 2.23 bits per heavy atom. The Morgan fingerprint density at radius 1 is 1.32 bits per heavy atom. The summed E-state index contributed by atoms with van der Waals surface area (Å²) in [6, 6.07) is 1.98. The molecule has 0 bridgehead atoms. The maximum atomic E-state index is 9.05. The lowest BCUT2D eigenvalue weighted by Crippen LogP contribution is -2.24. The van der Waals surface area contributed by atoms with Gasteiger partial charge in [-0.15, -0.1) is 0 Å². The van der Waals surface area contributed by atoms with Crippen LogP contribution in [0.25, 0.3) is 0 Å². The number of aromatic nitrogens is 4. The molecule has 1 atom stereocenters. The van der Waals surface area contributed by atoms with E-state index in [0.717, 1.165) is 43.4 Å². The Bertz CT molecular complexity index is 621. The zero-order valence-electron chi connectivity index (χ0n) is 12.6. The van der Waals surface area contributed by atoms with Gasteiger partial charge in [0.25, 0.3) is 0 Å². The van der Waals surface area contributed by atoms with Crippen molar-refractivity contribution in [2.45, 2.75) is 19.3 Å². The summed E-state index contributed by atoms with van der Waals surface area (Å²) in [4.78, 5) is 19.5. The molecule has 1 aliphatic heterocycles. The number of anilines is 2. The van der Waals surface area contributed by atoms with Gasteiger partial charge in [0.2, 0.25) is 0 Å². The summed E-state index contributed by atoms with van der Waals surface area (Å²) >= 11 is 0. The Kier molecular flexibility index (Phi) is 4.55. The van der Waals surface area contributed by atoms with Crippen molar-refractivity contribution in [2.75, 3.05) is 31.6 Å². The molecule has 3 heterocycles. The molecule has 3 rings (SSSR count). The Labute approximate surface area is 129 Å². The monoisotopic (exact) mass is 300 g/mol. The quantitative estimate of drug-likeness (QED) is 0.855. The van der Waals surface area contributed by atoms with E-state index in [0.29, 0.717) is 11.7 Å². The van der Waals surface area contributed by atoms with E-state index in [1.54, 1.807) is 18.6 Å². The van der Waals surface area contributed by atoms with Gasteiger partial charge in [-0.1, -0.05) is 0 Å². The topological polar surface area (TPSA) is 87.1 Å². The molecule has 1 aliphatic rings. The van der Waals surface area contributed by atoms with E-state index < -0.39 is 0 Å². The van der Waals surface area contributed by atoms with Gasteiger partial charge in [0, 0.05) is 37.5 Å². The molecule has 0 radical (unpaired) electrons. The van der Waals surface area contributed by atoms with Crippen LogP contribution in [-0.4, -0.2) is 56.2 Å². The first-order chi connectivity index (χ1) is 10.7. The fourth-order valence-electron chi connectivity index (χ4n) is 2.78. The summed E-state index contributed by atoms with van der Waals surface area (Å²) < 4.78 is 0. The molecule has 1 fully saturated rings. The molecule has 0 aliphatic carbocycles. The minimum atomic E-state index is 0.203. The lowest BCUT2D eigenvalue weighted by atomic mass is 10.0. The summed E-state index contributed by atoms with van der Waals surface area (Å²) in [5.41, 5.74) is 1.04. The number of hydrogen-bond donors (Lipinski definition) is 2. The Balaban J connectivity index is 1.76. The van der Waals surface area contributed by atoms with E-state index in [1.165, 1.54) is 0 Å². The maximum Gasteiger partial charge on any atom is 0.150 e. The van der Waals surface area contributed by atoms with Gasteiger partial charge in [-0.3, -0.25) is 4.98 Å². The fraction of sp³-hybridized carbons (Fsp3) is 0.467. The molecule has 0 amide bonds. The van der Waals surface area contributed by atoms with Crippen molar-refractivity contribution < 1.29 is 5.11 Å². The molecule has 0 saturated carbocycles. The van der Waals surface area contributed by atoms with Crippen LogP contribution in [0.15, 0.2) is 24.7 Å². The highest BCUT2D eigenvalue weighted by Crippen LogP contribution is 2.27. The number of aliphatic hydroxyl groups is 1. The van der Waals surface area contributed by atoms with E-state index in [2.05, 4.69) is 30.2 Å². The average molecular weight is 300 g/mol. The second-order valence-electron chi connectivity index (χ2n) is 5.45. The van der Waals surface area contributed by atoms with Crippen LogP contribution < -0.4 is 5.32 Å². The van der Waals surface area contributed by atoms with E-state index >= 15 is 0 Å². The first kappa shape index (κ1) is 14.8. The molecular weight excluding hydrogens is 280 g/mol. The number of aliphatic hydroxyl groups excluding tert-OH is 1. The summed E-state index contributed by atoms with van der Waals surface area (Å²) in [7, 11) is 0. The second kappa shape index (κ2) is 6.76. The van der Waals surface area contributed by atoms with E-state index in [4.69, 9.17) is 5.11 Å². The normalized spacial score (nSPS) is 18.5. The SMILES string of the molecule is Cc1nc(Nc2cnccn2)cc([C@H]2CCN(CCO)C2)n1. The third-order valence-electron chi connectivity index (χ3n) is 3.78. The molecule has 1 saturated heterocycles. The van der Waals surface area contributed by atoms with E-state index in [-0.39, 0.29) is 6.61 Å².